The first-order valence-electron chi connectivity index (χ1n) is 5.71. The third-order valence-electron chi connectivity index (χ3n) is 2.99. The predicted molar refractivity (Wildman–Crippen MR) is 66.7 cm³/mol. The van der Waals surface area contributed by atoms with Gasteiger partial charge in [0.05, 0.1) is 13.2 Å². The van der Waals surface area contributed by atoms with E-state index in [1.54, 1.807) is 0 Å². The number of ether oxygens (including phenoxy) is 1. The maximum absolute atomic E-state index is 12.3. The summed E-state index contributed by atoms with van der Waals surface area (Å²) in [6.07, 6.45) is 0.859. The predicted octanol–water partition coefficient (Wildman–Crippen LogP) is 0.483. The summed E-state index contributed by atoms with van der Waals surface area (Å²) in [5.41, 5.74) is 0.322. The van der Waals surface area contributed by atoms with Gasteiger partial charge in [0.1, 0.15) is 11.2 Å². The van der Waals surface area contributed by atoms with Crippen molar-refractivity contribution < 1.29 is 19.4 Å². The van der Waals surface area contributed by atoms with Gasteiger partial charge in [-0.05, 0) is 12.1 Å². The van der Waals surface area contributed by atoms with Gasteiger partial charge in [0.15, 0.2) is 0 Å². The first kappa shape index (κ1) is 13.8. The minimum absolute atomic E-state index is 0.0958. The lowest BCUT2D eigenvalue weighted by Crippen LogP contribution is -2.41. The van der Waals surface area contributed by atoms with Gasteiger partial charge in [-0.3, -0.25) is 4.79 Å². The van der Waals surface area contributed by atoms with Gasteiger partial charge in [0.2, 0.25) is 0 Å². The van der Waals surface area contributed by atoms with Crippen LogP contribution in [0.25, 0.3) is 0 Å². The highest BCUT2D eigenvalue weighted by Gasteiger charge is 2.39. The van der Waals surface area contributed by atoms with Gasteiger partial charge in [0, 0.05) is 24.7 Å². The molecule has 1 aliphatic heterocycles. The number of aromatic nitrogens is 1. The molecule has 19 heavy (non-hydrogen) atoms. The van der Waals surface area contributed by atoms with E-state index in [0.717, 1.165) is 0 Å². The fraction of sp³-hybridized carbons (Fsp3) is 0.417. The number of carbonyl (C=O) groups excluding carboxylic acids is 2. The molecule has 2 atom stereocenters. The van der Waals surface area contributed by atoms with Crippen molar-refractivity contribution in [2.45, 2.75) is 18.6 Å². The lowest BCUT2D eigenvalue weighted by Gasteiger charge is -2.22. The van der Waals surface area contributed by atoms with Crippen LogP contribution >= 0.6 is 11.6 Å². The SMILES string of the molecule is COC(=O)C1CC(O)CN1C(=O)c1ccnc(Cl)c1. The summed E-state index contributed by atoms with van der Waals surface area (Å²) in [5, 5.41) is 9.82. The number of β-amino-alcohol motifs (C(OH)–C–C–N with tert-alkyl or cyclic N) is 1. The fourth-order valence-corrected chi connectivity index (χ4v) is 2.27. The number of carbonyl (C=O) groups is 2. The number of aliphatic hydroxyl groups excluding tert-OH is 1. The van der Waals surface area contributed by atoms with E-state index in [9.17, 15) is 14.7 Å². The molecule has 6 nitrogen and oxygen atoms in total. The third-order valence-corrected chi connectivity index (χ3v) is 3.19. The number of methoxy groups -OCH3 is 1. The molecule has 2 rings (SSSR count). The van der Waals surface area contributed by atoms with E-state index >= 15 is 0 Å². The van der Waals surface area contributed by atoms with Crippen LogP contribution in [0.1, 0.15) is 16.8 Å². The van der Waals surface area contributed by atoms with Gasteiger partial charge in [-0.25, -0.2) is 9.78 Å². The van der Waals surface area contributed by atoms with Gasteiger partial charge >= 0.3 is 5.97 Å². The molecule has 1 aromatic rings. The molecular weight excluding hydrogens is 272 g/mol. The molecule has 1 aliphatic rings. The monoisotopic (exact) mass is 284 g/mol. The zero-order valence-electron chi connectivity index (χ0n) is 10.2. The number of esters is 1. The van der Waals surface area contributed by atoms with E-state index in [0.29, 0.717) is 5.56 Å². The van der Waals surface area contributed by atoms with Crippen molar-refractivity contribution in [2.75, 3.05) is 13.7 Å². The lowest BCUT2D eigenvalue weighted by atomic mass is 10.2. The Bertz CT molecular complexity index is 508. The van der Waals surface area contributed by atoms with Crippen LogP contribution in [0.3, 0.4) is 0 Å². The van der Waals surface area contributed by atoms with E-state index in [4.69, 9.17) is 11.6 Å². The standard InChI is InChI=1S/C12H13ClN2O4/c1-19-12(18)9-5-8(16)6-15(9)11(17)7-2-3-14-10(13)4-7/h2-4,8-9,16H,5-6H2,1H3. The normalized spacial score (nSPS) is 22.4. The first-order valence-corrected chi connectivity index (χ1v) is 6.09. The van der Waals surface area contributed by atoms with Crippen LogP contribution in [-0.4, -0.2) is 52.7 Å². The zero-order chi connectivity index (χ0) is 14.0. The van der Waals surface area contributed by atoms with Crippen molar-refractivity contribution in [3.05, 3.63) is 29.0 Å². The molecule has 7 heteroatoms. The number of amides is 1. The lowest BCUT2D eigenvalue weighted by molar-refractivity contribution is -0.145. The molecular formula is C12H13ClN2O4. The van der Waals surface area contributed by atoms with Crippen LogP contribution in [0.5, 0.6) is 0 Å². The molecule has 0 aromatic carbocycles. The molecule has 0 saturated carbocycles. The van der Waals surface area contributed by atoms with Gasteiger partial charge in [-0.15, -0.1) is 0 Å². The van der Waals surface area contributed by atoms with Crippen LogP contribution in [0, 0.1) is 0 Å². The van der Waals surface area contributed by atoms with Crippen LogP contribution in [0.2, 0.25) is 5.15 Å². The molecule has 0 aliphatic carbocycles. The molecule has 0 radical (unpaired) electrons. The molecule has 1 saturated heterocycles. The minimum Gasteiger partial charge on any atom is -0.467 e. The second-order valence-electron chi connectivity index (χ2n) is 4.25. The summed E-state index contributed by atoms with van der Waals surface area (Å²) in [6.45, 7) is 0.0958. The van der Waals surface area contributed by atoms with E-state index in [1.807, 2.05) is 0 Å². The summed E-state index contributed by atoms with van der Waals surface area (Å²) in [4.78, 5) is 29.0. The molecule has 1 fully saturated rings. The maximum atomic E-state index is 12.3. The van der Waals surface area contributed by atoms with Crippen molar-refractivity contribution in [1.29, 1.82) is 0 Å². The van der Waals surface area contributed by atoms with Crippen LogP contribution in [0.15, 0.2) is 18.3 Å². The zero-order valence-corrected chi connectivity index (χ0v) is 11.0. The summed E-state index contributed by atoms with van der Waals surface area (Å²) >= 11 is 5.73. The van der Waals surface area contributed by atoms with Gasteiger partial charge < -0.3 is 14.7 Å². The highest BCUT2D eigenvalue weighted by molar-refractivity contribution is 6.29. The Morgan fingerprint density at radius 3 is 2.95 bits per heavy atom. The quantitative estimate of drug-likeness (QED) is 0.631. The topological polar surface area (TPSA) is 79.7 Å². The van der Waals surface area contributed by atoms with Gasteiger partial charge in [-0.1, -0.05) is 11.6 Å². The van der Waals surface area contributed by atoms with E-state index in [1.165, 1.54) is 30.3 Å². The van der Waals surface area contributed by atoms with Crippen molar-refractivity contribution in [3.8, 4) is 0 Å². The number of nitrogens with zero attached hydrogens (tertiary/aromatic N) is 2. The summed E-state index contributed by atoms with van der Waals surface area (Å²) in [7, 11) is 1.25. The number of pyridine rings is 1. The third kappa shape index (κ3) is 2.85. The maximum Gasteiger partial charge on any atom is 0.328 e. The highest BCUT2D eigenvalue weighted by Crippen LogP contribution is 2.22. The van der Waals surface area contributed by atoms with Crippen molar-refractivity contribution in [2.24, 2.45) is 0 Å². The average Bonchev–Trinajstić information content (AvgIpc) is 2.79. The molecule has 1 aromatic heterocycles. The number of aliphatic hydroxyl groups is 1. The van der Waals surface area contributed by atoms with E-state index < -0.39 is 18.1 Å². The highest BCUT2D eigenvalue weighted by atomic mass is 35.5. The van der Waals surface area contributed by atoms with E-state index in [-0.39, 0.29) is 24.0 Å². The largest absolute Gasteiger partial charge is 0.467 e. The Morgan fingerprint density at radius 2 is 2.32 bits per heavy atom. The van der Waals surface area contributed by atoms with E-state index in [2.05, 4.69) is 9.72 Å². The molecule has 1 amide bonds. The molecule has 1 N–H and O–H groups in total. The summed E-state index contributed by atoms with van der Waals surface area (Å²) in [6, 6.07) is 2.16. The minimum atomic E-state index is -0.764. The first-order chi connectivity index (χ1) is 9.02. The van der Waals surface area contributed by atoms with Gasteiger partial charge in [-0.2, -0.15) is 0 Å². The van der Waals surface area contributed by atoms with Crippen molar-refractivity contribution in [1.82, 2.24) is 9.88 Å². The molecule has 2 unspecified atom stereocenters. The smallest absolute Gasteiger partial charge is 0.328 e. The average molecular weight is 285 g/mol. The number of likely N-dealkylation sites (tertiary alicyclic amines) is 1. The number of hydrogen-bond acceptors (Lipinski definition) is 5. The summed E-state index contributed by atoms with van der Waals surface area (Å²) in [5.74, 6) is -0.915. The second kappa shape index (κ2) is 5.54. The van der Waals surface area contributed by atoms with Crippen LogP contribution in [0.4, 0.5) is 0 Å². The Labute approximate surface area is 114 Å². The molecule has 0 bridgehead atoms. The van der Waals surface area contributed by atoms with Gasteiger partial charge in [0.25, 0.3) is 5.91 Å². The number of rotatable bonds is 2. The molecule has 2 heterocycles. The van der Waals surface area contributed by atoms with Crippen molar-refractivity contribution >= 4 is 23.5 Å². The fourth-order valence-electron chi connectivity index (χ4n) is 2.10. The summed E-state index contributed by atoms with van der Waals surface area (Å²) < 4.78 is 4.64. The number of halogens is 1. The second-order valence-corrected chi connectivity index (χ2v) is 4.64. The molecule has 0 spiro atoms. The Hall–Kier alpha value is -1.66. The Balaban J connectivity index is 2.24. The van der Waals surface area contributed by atoms with Crippen LogP contribution < -0.4 is 0 Å². The Morgan fingerprint density at radius 1 is 1.58 bits per heavy atom. The Kier molecular flexibility index (Phi) is 4.01. The van der Waals surface area contributed by atoms with Crippen LogP contribution in [-0.2, 0) is 9.53 Å². The van der Waals surface area contributed by atoms with Crippen molar-refractivity contribution in [3.63, 3.8) is 0 Å². The number of hydrogen-bond donors (Lipinski definition) is 1. The molecule has 102 valence electrons.